The van der Waals surface area contributed by atoms with Gasteiger partial charge in [0, 0.05) is 22.9 Å². The predicted octanol–water partition coefficient (Wildman–Crippen LogP) is 3.70. The van der Waals surface area contributed by atoms with Gasteiger partial charge in [0.2, 0.25) is 0 Å². The van der Waals surface area contributed by atoms with Crippen molar-refractivity contribution >= 4 is 35.1 Å². The molecule has 0 fully saturated rings. The minimum Gasteiger partial charge on any atom is -0.480 e. The van der Waals surface area contributed by atoms with Crippen LogP contribution in [0.2, 0.25) is 0 Å². The molecule has 1 amide bonds. The first kappa shape index (κ1) is 20.4. The maximum Gasteiger partial charge on any atom is 0.320 e. The van der Waals surface area contributed by atoms with Crippen LogP contribution < -0.4 is 5.43 Å². The van der Waals surface area contributed by atoms with Crippen molar-refractivity contribution in [2.75, 3.05) is 0 Å². The minimum absolute atomic E-state index is 0.0101. The van der Waals surface area contributed by atoms with Gasteiger partial charge in [-0.1, -0.05) is 29.8 Å². The number of carboxylic acids is 1. The highest BCUT2D eigenvalue weighted by Crippen LogP contribution is 2.47. The highest BCUT2D eigenvalue weighted by molar-refractivity contribution is 7.11. The molecule has 0 unspecified atom stereocenters. The number of carboxylic acid groups (broad SMARTS) is 1. The summed E-state index contributed by atoms with van der Waals surface area (Å²) >= 11 is 1.44. The van der Waals surface area contributed by atoms with E-state index in [0.29, 0.717) is 12.0 Å². The Labute approximate surface area is 170 Å². The van der Waals surface area contributed by atoms with E-state index in [0.717, 1.165) is 10.5 Å². The number of carbonyl (C=O) groups excluding carboxylic acids is 1. The fourth-order valence-corrected chi connectivity index (χ4v) is 4.08. The van der Waals surface area contributed by atoms with Gasteiger partial charge in [-0.05, 0) is 36.8 Å². The maximum absolute atomic E-state index is 13.0. The van der Waals surface area contributed by atoms with Crippen LogP contribution >= 0.6 is 11.3 Å². The van der Waals surface area contributed by atoms with Crippen LogP contribution in [-0.4, -0.2) is 28.1 Å². The Hall–Kier alpha value is -3.33. The molecular formula is C20H19N3O5S. The second-order valence-corrected chi connectivity index (χ2v) is 7.83. The van der Waals surface area contributed by atoms with Crippen molar-refractivity contribution in [1.82, 2.24) is 5.43 Å². The minimum atomic E-state index is -1.76. The van der Waals surface area contributed by atoms with Crippen molar-refractivity contribution in [3.63, 3.8) is 0 Å². The lowest BCUT2D eigenvalue weighted by atomic mass is 9.64. The molecule has 2 N–H and O–H groups in total. The molecule has 1 heterocycles. The van der Waals surface area contributed by atoms with E-state index in [1.165, 1.54) is 41.8 Å². The quantitative estimate of drug-likeness (QED) is 0.246. The lowest BCUT2D eigenvalue weighted by molar-refractivity contribution is -0.384. The molecular weight excluding hydrogens is 394 g/mol. The zero-order chi connectivity index (χ0) is 21.0. The zero-order valence-electron chi connectivity index (χ0n) is 15.6. The molecule has 150 valence electrons. The van der Waals surface area contributed by atoms with Crippen LogP contribution in [0.4, 0.5) is 5.69 Å². The number of hydrazone groups is 1. The van der Waals surface area contributed by atoms with Crippen LogP contribution in [0.15, 0.2) is 58.5 Å². The van der Waals surface area contributed by atoms with Gasteiger partial charge in [-0.15, -0.1) is 11.3 Å². The molecule has 3 rings (SSSR count). The summed E-state index contributed by atoms with van der Waals surface area (Å²) in [5.74, 6) is -2.65. The van der Waals surface area contributed by atoms with Gasteiger partial charge in [0.25, 0.3) is 11.6 Å². The average Bonchev–Trinajstić information content (AvgIpc) is 3.21. The number of nitro groups is 1. The molecule has 0 aliphatic heterocycles. The molecule has 0 radical (unpaired) electrons. The number of non-ortho nitro benzene ring substituents is 1. The highest BCUT2D eigenvalue weighted by Gasteiger charge is 2.53. The summed E-state index contributed by atoms with van der Waals surface area (Å²) in [6, 6.07) is 9.33. The van der Waals surface area contributed by atoms with Crippen LogP contribution in [0.1, 0.15) is 36.1 Å². The molecule has 0 bridgehead atoms. The molecule has 2 atom stereocenters. The summed E-state index contributed by atoms with van der Waals surface area (Å²) in [5, 5.41) is 26.8. The number of rotatable bonds is 6. The van der Waals surface area contributed by atoms with Crippen molar-refractivity contribution in [1.29, 1.82) is 0 Å². The summed E-state index contributed by atoms with van der Waals surface area (Å²) in [5.41, 5.74) is 2.04. The Bertz CT molecular complexity index is 982. The van der Waals surface area contributed by atoms with Gasteiger partial charge < -0.3 is 5.11 Å². The monoisotopic (exact) mass is 413 g/mol. The number of allylic oxidation sites excluding steroid dienone is 2. The zero-order valence-corrected chi connectivity index (χ0v) is 16.4. The van der Waals surface area contributed by atoms with Gasteiger partial charge in [-0.3, -0.25) is 19.7 Å². The summed E-state index contributed by atoms with van der Waals surface area (Å²) in [6.07, 6.45) is 3.57. The van der Waals surface area contributed by atoms with Crippen LogP contribution in [-0.2, 0) is 9.59 Å². The van der Waals surface area contributed by atoms with Gasteiger partial charge in [0.1, 0.15) is 0 Å². The van der Waals surface area contributed by atoms with Gasteiger partial charge in [0.05, 0.1) is 11.1 Å². The van der Waals surface area contributed by atoms with E-state index in [2.05, 4.69) is 10.5 Å². The number of benzene rings is 1. The molecule has 1 aromatic heterocycles. The Morgan fingerprint density at radius 3 is 2.66 bits per heavy atom. The van der Waals surface area contributed by atoms with E-state index in [9.17, 15) is 24.8 Å². The van der Waals surface area contributed by atoms with Gasteiger partial charge in [-0.25, -0.2) is 5.43 Å². The predicted molar refractivity (Wildman–Crippen MR) is 109 cm³/mol. The summed E-state index contributed by atoms with van der Waals surface area (Å²) in [4.78, 5) is 36.6. The van der Waals surface area contributed by atoms with E-state index in [1.54, 1.807) is 6.08 Å². The first-order valence-corrected chi connectivity index (χ1v) is 9.73. The number of nitro benzene ring substituents is 1. The van der Waals surface area contributed by atoms with Gasteiger partial charge >= 0.3 is 5.97 Å². The SMILES string of the molecule is CC1=CC[C@@](C(=O)O)(C(=O)N/N=C\c2cccs2)[C@H](c2ccc([N+](=O)[O-])cc2)C1. The number of hydrogen-bond acceptors (Lipinski definition) is 6. The summed E-state index contributed by atoms with van der Waals surface area (Å²) in [6.45, 7) is 1.87. The van der Waals surface area contributed by atoms with E-state index in [1.807, 2.05) is 24.4 Å². The molecule has 0 spiro atoms. The Morgan fingerprint density at radius 1 is 1.34 bits per heavy atom. The van der Waals surface area contributed by atoms with Gasteiger partial charge in [-0.2, -0.15) is 5.10 Å². The van der Waals surface area contributed by atoms with Crippen molar-refractivity contribution in [3.8, 4) is 0 Å². The fraction of sp³-hybridized carbons (Fsp3) is 0.250. The molecule has 0 saturated heterocycles. The number of nitrogens with zero attached hydrogens (tertiary/aromatic N) is 2. The standard InChI is InChI=1S/C20H19N3O5S/c1-13-8-9-20(19(25)26,18(24)22-21-12-16-3-2-10-29-16)17(11-13)14-4-6-15(7-5-14)23(27)28/h2-8,10,12,17H,9,11H2,1H3,(H,22,24)(H,25,26)/b21-12-/t17-,20-/m0/s1. The normalized spacial score (nSPS) is 21.6. The number of amides is 1. The number of thiophene rings is 1. The van der Waals surface area contributed by atoms with Crippen molar-refractivity contribution in [3.05, 3.63) is 74.0 Å². The van der Waals surface area contributed by atoms with E-state index < -0.39 is 28.1 Å². The first-order chi connectivity index (χ1) is 13.8. The lowest BCUT2D eigenvalue weighted by Crippen LogP contribution is -2.50. The van der Waals surface area contributed by atoms with E-state index >= 15 is 0 Å². The molecule has 0 saturated carbocycles. The average molecular weight is 413 g/mol. The molecule has 1 aliphatic rings. The van der Waals surface area contributed by atoms with Crippen molar-refractivity contribution in [2.45, 2.75) is 25.7 Å². The first-order valence-electron chi connectivity index (χ1n) is 8.85. The third-order valence-corrected chi connectivity index (χ3v) is 5.89. The Balaban J connectivity index is 1.95. The third-order valence-electron chi connectivity index (χ3n) is 5.09. The van der Waals surface area contributed by atoms with E-state index in [-0.39, 0.29) is 12.1 Å². The largest absolute Gasteiger partial charge is 0.480 e. The summed E-state index contributed by atoms with van der Waals surface area (Å²) in [7, 11) is 0. The highest BCUT2D eigenvalue weighted by atomic mass is 32.1. The second kappa shape index (κ2) is 8.36. The fourth-order valence-electron chi connectivity index (χ4n) is 3.49. The smallest absolute Gasteiger partial charge is 0.320 e. The Kier molecular flexibility index (Phi) is 5.88. The topological polar surface area (TPSA) is 122 Å². The van der Waals surface area contributed by atoms with Crippen LogP contribution in [0.25, 0.3) is 0 Å². The third kappa shape index (κ3) is 4.09. The van der Waals surface area contributed by atoms with E-state index in [4.69, 9.17) is 0 Å². The molecule has 1 aromatic carbocycles. The molecule has 9 heteroatoms. The number of carbonyl (C=O) groups is 2. The summed E-state index contributed by atoms with van der Waals surface area (Å²) < 4.78 is 0. The van der Waals surface area contributed by atoms with Crippen LogP contribution in [0, 0.1) is 15.5 Å². The molecule has 8 nitrogen and oxygen atoms in total. The Morgan fingerprint density at radius 2 is 2.07 bits per heavy atom. The van der Waals surface area contributed by atoms with Crippen LogP contribution in [0.3, 0.4) is 0 Å². The van der Waals surface area contributed by atoms with Crippen molar-refractivity contribution in [2.24, 2.45) is 10.5 Å². The second-order valence-electron chi connectivity index (χ2n) is 6.85. The van der Waals surface area contributed by atoms with Crippen molar-refractivity contribution < 1.29 is 19.6 Å². The van der Waals surface area contributed by atoms with Gasteiger partial charge in [0.15, 0.2) is 5.41 Å². The number of aliphatic carboxylic acids is 1. The lowest BCUT2D eigenvalue weighted by Gasteiger charge is -2.38. The number of nitrogens with one attached hydrogen (secondary N) is 1. The maximum atomic E-state index is 13.0. The molecule has 2 aromatic rings. The number of hydrogen-bond donors (Lipinski definition) is 2. The van der Waals surface area contributed by atoms with Crippen LogP contribution in [0.5, 0.6) is 0 Å². The molecule has 29 heavy (non-hydrogen) atoms. The molecule has 1 aliphatic carbocycles.